The largest absolute Gasteiger partial charge is 0.396 e. The van der Waals surface area contributed by atoms with Gasteiger partial charge < -0.3 is 5.11 Å². The molecule has 0 saturated heterocycles. The predicted octanol–water partition coefficient (Wildman–Crippen LogP) is 3.36. The Morgan fingerprint density at radius 2 is 1.08 bits per heavy atom. The molecule has 0 radical (unpaired) electrons. The topological polar surface area (TPSA) is 20.2 Å². The number of aliphatic hydroxyl groups excluding tert-OH is 1. The molecule has 1 N–H and O–H groups in total. The Morgan fingerprint density at radius 1 is 0.750 bits per heavy atom. The number of rotatable bonds is 5. The zero-order chi connectivity index (χ0) is 8.95. The third kappa shape index (κ3) is 31.0. The van der Waals surface area contributed by atoms with Gasteiger partial charge in [-0.15, -0.1) is 0 Å². The van der Waals surface area contributed by atoms with Crippen molar-refractivity contribution in [2.24, 2.45) is 0 Å². The molecule has 0 aliphatic heterocycles. The molecule has 12 heavy (non-hydrogen) atoms. The molecule has 0 aromatic heterocycles. The van der Waals surface area contributed by atoms with Crippen molar-refractivity contribution in [3.8, 4) is 0 Å². The Kier molecular flexibility index (Phi) is 34.7. The van der Waals surface area contributed by atoms with Gasteiger partial charge in [0.2, 0.25) is 0 Å². The molecular weight excluding hydrogens is 184 g/mol. The van der Waals surface area contributed by atoms with Crippen LogP contribution in [0.2, 0.25) is 0 Å². The summed E-state index contributed by atoms with van der Waals surface area (Å²) in [6.45, 7) is 6.86. The van der Waals surface area contributed by atoms with E-state index >= 15 is 0 Å². The zero-order valence-corrected chi connectivity index (χ0v) is 10.5. The second kappa shape index (κ2) is 22.6. The van der Waals surface area contributed by atoms with E-state index in [2.05, 4.69) is 20.8 Å². The Morgan fingerprint density at radius 3 is 1.17 bits per heavy atom. The van der Waals surface area contributed by atoms with Crippen LogP contribution in [0.3, 0.4) is 0 Å². The molecule has 0 aliphatic carbocycles. The molecule has 0 saturated carbocycles. The summed E-state index contributed by atoms with van der Waals surface area (Å²) in [6.07, 6.45) is 7.57. The fraction of sp³-hybridized carbons (Fsp3) is 1.00. The summed E-state index contributed by atoms with van der Waals surface area (Å²) in [5.74, 6) is 0. The molecule has 0 aromatic carbocycles. The number of hydrogen-bond acceptors (Lipinski definition) is 1. The van der Waals surface area contributed by atoms with Crippen LogP contribution in [0.5, 0.6) is 0 Å². The van der Waals surface area contributed by atoms with E-state index in [-0.39, 0.29) is 21.7 Å². The molecule has 0 unspecified atom stereocenters. The van der Waals surface area contributed by atoms with E-state index < -0.39 is 0 Å². The van der Waals surface area contributed by atoms with Gasteiger partial charge in [0.15, 0.2) is 0 Å². The van der Waals surface area contributed by atoms with Crippen molar-refractivity contribution in [3.63, 3.8) is 0 Å². The van der Waals surface area contributed by atoms with Crippen LogP contribution in [-0.2, 0) is 21.7 Å². The van der Waals surface area contributed by atoms with Crippen LogP contribution >= 0.6 is 0 Å². The minimum atomic E-state index is 0. The van der Waals surface area contributed by atoms with Gasteiger partial charge in [0.1, 0.15) is 0 Å². The van der Waals surface area contributed by atoms with Crippen molar-refractivity contribution in [1.82, 2.24) is 0 Å². The third-order valence-electron chi connectivity index (χ3n) is 1.47. The van der Waals surface area contributed by atoms with E-state index in [0.29, 0.717) is 6.61 Å². The zero-order valence-electron chi connectivity index (χ0n) is 8.90. The van der Waals surface area contributed by atoms with E-state index in [0.717, 1.165) is 12.8 Å². The fourth-order valence-corrected chi connectivity index (χ4v) is 0.658. The molecule has 0 aromatic rings. The van der Waals surface area contributed by atoms with Crippen molar-refractivity contribution >= 4 is 0 Å². The summed E-state index contributed by atoms with van der Waals surface area (Å²) in [5.41, 5.74) is 0. The molecule has 0 atom stereocenters. The Balaban J connectivity index is -0.000000126. The van der Waals surface area contributed by atoms with Gasteiger partial charge in [0, 0.05) is 28.3 Å². The van der Waals surface area contributed by atoms with Crippen molar-refractivity contribution in [3.05, 3.63) is 0 Å². The molecule has 0 amide bonds. The van der Waals surface area contributed by atoms with Crippen LogP contribution < -0.4 is 0 Å². The van der Waals surface area contributed by atoms with Crippen molar-refractivity contribution in [2.45, 2.75) is 59.3 Å². The Labute approximate surface area is 92.8 Å². The van der Waals surface area contributed by atoms with Gasteiger partial charge in [0.25, 0.3) is 0 Å². The third-order valence-corrected chi connectivity index (χ3v) is 1.47. The van der Waals surface area contributed by atoms with Gasteiger partial charge >= 0.3 is 0 Å². The minimum absolute atomic E-state index is 0. The van der Waals surface area contributed by atoms with Gasteiger partial charge in [-0.3, -0.25) is 0 Å². The molecule has 0 fully saturated rings. The number of aliphatic hydroxyl groups is 1. The van der Waals surface area contributed by atoms with Crippen LogP contribution in [0.25, 0.3) is 0 Å². The number of unbranched alkanes of at least 4 members (excludes halogenated alkanes) is 4. The minimum Gasteiger partial charge on any atom is -0.396 e. The monoisotopic (exact) mass is 208 g/mol. The van der Waals surface area contributed by atoms with Crippen LogP contribution in [0.4, 0.5) is 0 Å². The second-order valence-corrected chi connectivity index (χ2v) is 2.78. The van der Waals surface area contributed by atoms with Gasteiger partial charge in [-0.2, -0.15) is 0 Å². The van der Waals surface area contributed by atoms with E-state index in [1.54, 1.807) is 0 Å². The van der Waals surface area contributed by atoms with Crippen molar-refractivity contribution in [1.29, 1.82) is 0 Å². The van der Waals surface area contributed by atoms with Crippen LogP contribution in [0, 0.1) is 0 Å². The van der Waals surface area contributed by atoms with Crippen molar-refractivity contribution < 1.29 is 26.8 Å². The summed E-state index contributed by atoms with van der Waals surface area (Å²) in [6, 6.07) is 0. The SMILES string of the molecule is CCCCCC.CCCCO.[Ti]. The molecule has 0 spiro atoms. The van der Waals surface area contributed by atoms with E-state index in [1.165, 1.54) is 25.7 Å². The maximum Gasteiger partial charge on any atom is 0.0430 e. The van der Waals surface area contributed by atoms with Crippen LogP contribution in [0.1, 0.15) is 59.3 Å². The maximum atomic E-state index is 8.07. The quantitative estimate of drug-likeness (QED) is 0.542. The molecule has 0 aliphatic rings. The van der Waals surface area contributed by atoms with E-state index in [1.807, 2.05) is 0 Å². The summed E-state index contributed by atoms with van der Waals surface area (Å²) in [4.78, 5) is 0. The van der Waals surface area contributed by atoms with Crippen molar-refractivity contribution in [2.75, 3.05) is 6.61 Å². The number of hydrogen-bond donors (Lipinski definition) is 1. The average Bonchev–Trinajstić information content (AvgIpc) is 2.04. The first-order valence-corrected chi connectivity index (χ1v) is 4.94. The van der Waals surface area contributed by atoms with Gasteiger partial charge in [-0.05, 0) is 6.42 Å². The summed E-state index contributed by atoms with van der Waals surface area (Å²) in [7, 11) is 0. The maximum absolute atomic E-state index is 8.07. The first-order valence-electron chi connectivity index (χ1n) is 4.94. The Bertz CT molecular complexity index is 43.1. The molecule has 2 heteroatoms. The van der Waals surface area contributed by atoms with Gasteiger partial charge in [0.05, 0.1) is 0 Å². The van der Waals surface area contributed by atoms with Crippen LogP contribution in [-0.4, -0.2) is 11.7 Å². The normalized spacial score (nSPS) is 8.00. The first-order chi connectivity index (χ1) is 5.33. The molecule has 74 valence electrons. The fourth-order valence-electron chi connectivity index (χ4n) is 0.658. The summed E-state index contributed by atoms with van der Waals surface area (Å²) >= 11 is 0. The predicted molar refractivity (Wildman–Crippen MR) is 51.8 cm³/mol. The standard InChI is InChI=1S/C6H14.C4H10O.Ti/c1-3-5-6-4-2;1-2-3-4-5;/h3-6H2,1-2H3;5H,2-4H2,1H3;. The molecular formula is C10H24OTi. The van der Waals surface area contributed by atoms with E-state index in [4.69, 9.17) is 5.11 Å². The molecule has 0 bridgehead atoms. The molecule has 0 rings (SSSR count). The molecule has 0 heterocycles. The average molecular weight is 208 g/mol. The van der Waals surface area contributed by atoms with E-state index in [9.17, 15) is 0 Å². The second-order valence-electron chi connectivity index (χ2n) is 2.78. The van der Waals surface area contributed by atoms with Crippen LogP contribution in [0.15, 0.2) is 0 Å². The summed E-state index contributed by atoms with van der Waals surface area (Å²) in [5, 5.41) is 8.07. The van der Waals surface area contributed by atoms with Gasteiger partial charge in [-0.1, -0.05) is 52.9 Å². The van der Waals surface area contributed by atoms with Gasteiger partial charge in [-0.25, -0.2) is 0 Å². The molecule has 1 nitrogen and oxygen atoms in total. The summed E-state index contributed by atoms with van der Waals surface area (Å²) < 4.78 is 0. The Hall–Kier alpha value is 0.674. The smallest absolute Gasteiger partial charge is 0.0430 e. The first kappa shape index (κ1) is 18.5.